The molecule has 1 aromatic heterocycles. The summed E-state index contributed by atoms with van der Waals surface area (Å²) in [5.74, 6) is -0.763. The van der Waals surface area contributed by atoms with E-state index in [1.807, 2.05) is 13.0 Å². The molecule has 0 radical (unpaired) electrons. The number of hydrogen-bond acceptors (Lipinski definition) is 4. The van der Waals surface area contributed by atoms with Gasteiger partial charge in [-0.1, -0.05) is 53.0 Å². The predicted molar refractivity (Wildman–Crippen MR) is 124 cm³/mol. The van der Waals surface area contributed by atoms with Crippen LogP contribution in [0.5, 0.6) is 5.75 Å². The third-order valence-electron chi connectivity index (χ3n) is 4.62. The Morgan fingerprint density at radius 2 is 1.74 bits per heavy atom. The molecule has 4 aromatic rings. The zero-order valence-corrected chi connectivity index (χ0v) is 17.9. The quantitative estimate of drug-likeness (QED) is 0.256. The summed E-state index contributed by atoms with van der Waals surface area (Å²) in [7, 11) is 0. The molecule has 4 rings (SSSR count). The lowest BCUT2D eigenvalue weighted by Gasteiger charge is -2.10. The number of benzene rings is 3. The van der Waals surface area contributed by atoms with Crippen LogP contribution >= 0.6 is 23.2 Å². The first kappa shape index (κ1) is 20.9. The Labute approximate surface area is 188 Å². The molecule has 0 saturated heterocycles. The zero-order chi connectivity index (χ0) is 22.0. The molecule has 0 unspecified atom stereocenters. The van der Waals surface area contributed by atoms with Gasteiger partial charge in [0.05, 0.1) is 5.39 Å². The molecule has 0 spiro atoms. The molecular formula is C25H16Cl2O4. The summed E-state index contributed by atoms with van der Waals surface area (Å²) in [4.78, 5) is 25.7. The van der Waals surface area contributed by atoms with Crippen molar-refractivity contribution in [1.29, 1.82) is 0 Å². The van der Waals surface area contributed by atoms with Crippen LogP contribution in [0.4, 0.5) is 0 Å². The van der Waals surface area contributed by atoms with Crippen LogP contribution in [0.15, 0.2) is 82.0 Å². The summed E-state index contributed by atoms with van der Waals surface area (Å²) < 4.78 is 11.4. The first-order valence-corrected chi connectivity index (χ1v) is 10.2. The van der Waals surface area contributed by atoms with E-state index in [9.17, 15) is 9.59 Å². The first-order valence-electron chi connectivity index (χ1n) is 9.40. The van der Waals surface area contributed by atoms with Crippen molar-refractivity contribution in [2.24, 2.45) is 0 Å². The van der Waals surface area contributed by atoms with E-state index in [0.717, 1.165) is 5.56 Å². The van der Waals surface area contributed by atoms with Crippen molar-refractivity contribution in [2.45, 2.75) is 6.92 Å². The van der Waals surface area contributed by atoms with Crippen LogP contribution in [0.1, 0.15) is 11.1 Å². The van der Waals surface area contributed by atoms with Crippen molar-refractivity contribution < 1.29 is 13.9 Å². The molecule has 0 saturated carbocycles. The molecule has 4 nitrogen and oxygen atoms in total. The van der Waals surface area contributed by atoms with E-state index in [1.54, 1.807) is 60.7 Å². The van der Waals surface area contributed by atoms with E-state index < -0.39 is 11.4 Å². The van der Waals surface area contributed by atoms with Crippen LogP contribution < -0.4 is 10.2 Å². The van der Waals surface area contributed by atoms with E-state index >= 15 is 0 Å². The molecule has 0 aliphatic heterocycles. The Morgan fingerprint density at radius 1 is 1.00 bits per heavy atom. The van der Waals surface area contributed by atoms with E-state index in [0.29, 0.717) is 32.1 Å². The number of aryl methyl sites for hydroxylation is 1. The number of halogens is 2. The maximum absolute atomic E-state index is 13.2. The average molecular weight is 451 g/mol. The topological polar surface area (TPSA) is 56.5 Å². The minimum atomic E-state index is -0.727. The van der Waals surface area contributed by atoms with Crippen LogP contribution in [0.25, 0.3) is 28.4 Å². The Morgan fingerprint density at radius 3 is 2.48 bits per heavy atom. The monoisotopic (exact) mass is 450 g/mol. The predicted octanol–water partition coefficient (Wildman–Crippen LogP) is 6.69. The molecular weight excluding hydrogens is 435 g/mol. The third-order valence-corrected chi connectivity index (χ3v) is 5.21. The number of ether oxygens (including phenoxy) is 1. The van der Waals surface area contributed by atoms with Crippen molar-refractivity contribution >= 4 is 46.2 Å². The van der Waals surface area contributed by atoms with Crippen molar-refractivity contribution in [3.63, 3.8) is 0 Å². The third kappa shape index (κ3) is 4.55. The highest BCUT2D eigenvalue weighted by molar-refractivity contribution is 6.32. The van der Waals surface area contributed by atoms with Gasteiger partial charge in [0.1, 0.15) is 5.58 Å². The summed E-state index contributed by atoms with van der Waals surface area (Å²) in [6.45, 7) is 1.87. The van der Waals surface area contributed by atoms with Crippen LogP contribution in [-0.4, -0.2) is 5.97 Å². The molecule has 0 bridgehead atoms. The lowest BCUT2D eigenvalue weighted by Crippen LogP contribution is -2.14. The van der Waals surface area contributed by atoms with E-state index in [-0.39, 0.29) is 11.5 Å². The standard InChI is InChI=1S/C25H16Cl2O4/c1-15-6-12-21-19(14-15)23(29)25(24(30-21)17-7-10-18(26)11-8-17)31-22(28)13-9-16-4-2-3-5-20(16)27/h2-14H,1H3. The summed E-state index contributed by atoms with van der Waals surface area (Å²) in [6, 6.07) is 19.0. The van der Waals surface area contributed by atoms with Gasteiger partial charge in [-0.3, -0.25) is 4.79 Å². The summed E-state index contributed by atoms with van der Waals surface area (Å²) in [6.07, 6.45) is 2.74. The maximum Gasteiger partial charge on any atom is 0.336 e. The van der Waals surface area contributed by atoms with Crippen molar-refractivity contribution in [3.05, 3.63) is 104 Å². The second-order valence-corrected chi connectivity index (χ2v) is 7.72. The minimum absolute atomic E-state index is 0.150. The normalized spacial score (nSPS) is 11.2. The Hall–Kier alpha value is -3.34. The second kappa shape index (κ2) is 8.80. The van der Waals surface area contributed by atoms with Gasteiger partial charge in [-0.2, -0.15) is 0 Å². The van der Waals surface area contributed by atoms with Crippen LogP contribution in [0.2, 0.25) is 10.0 Å². The summed E-state index contributed by atoms with van der Waals surface area (Å²) in [5.41, 5.74) is 2.05. The molecule has 0 aliphatic carbocycles. The lowest BCUT2D eigenvalue weighted by molar-refractivity contribution is -0.129. The fraction of sp³-hybridized carbons (Fsp3) is 0.0400. The molecule has 0 amide bonds. The molecule has 0 atom stereocenters. The van der Waals surface area contributed by atoms with E-state index in [4.69, 9.17) is 32.4 Å². The van der Waals surface area contributed by atoms with Gasteiger partial charge in [0.15, 0.2) is 5.76 Å². The highest BCUT2D eigenvalue weighted by Gasteiger charge is 2.20. The zero-order valence-electron chi connectivity index (χ0n) is 16.4. The molecule has 154 valence electrons. The highest BCUT2D eigenvalue weighted by atomic mass is 35.5. The van der Waals surface area contributed by atoms with Gasteiger partial charge in [-0.15, -0.1) is 0 Å². The molecule has 6 heteroatoms. The number of esters is 1. The Kier molecular flexibility index (Phi) is 5.94. The first-order chi connectivity index (χ1) is 14.9. The molecule has 0 fully saturated rings. The smallest absolute Gasteiger partial charge is 0.336 e. The van der Waals surface area contributed by atoms with Crippen LogP contribution in [-0.2, 0) is 4.79 Å². The molecule has 0 aliphatic rings. The lowest BCUT2D eigenvalue weighted by atomic mass is 10.1. The van der Waals surface area contributed by atoms with Gasteiger partial charge in [-0.25, -0.2) is 4.79 Å². The van der Waals surface area contributed by atoms with E-state index in [1.165, 1.54) is 12.2 Å². The van der Waals surface area contributed by atoms with Gasteiger partial charge < -0.3 is 9.15 Å². The van der Waals surface area contributed by atoms with Crippen LogP contribution in [0.3, 0.4) is 0 Å². The second-order valence-electron chi connectivity index (χ2n) is 6.87. The number of carbonyl (C=O) groups is 1. The average Bonchev–Trinajstić information content (AvgIpc) is 2.76. The maximum atomic E-state index is 13.2. The minimum Gasteiger partial charge on any atom is -0.452 e. The highest BCUT2D eigenvalue weighted by Crippen LogP contribution is 2.32. The molecule has 1 heterocycles. The van der Waals surface area contributed by atoms with Crippen molar-refractivity contribution in [2.75, 3.05) is 0 Å². The van der Waals surface area contributed by atoms with Crippen LogP contribution in [0, 0.1) is 6.92 Å². The van der Waals surface area contributed by atoms with Gasteiger partial charge >= 0.3 is 5.97 Å². The fourth-order valence-electron chi connectivity index (χ4n) is 3.08. The molecule has 3 aromatic carbocycles. The summed E-state index contributed by atoms with van der Waals surface area (Å²) >= 11 is 12.1. The molecule has 0 N–H and O–H groups in total. The fourth-order valence-corrected chi connectivity index (χ4v) is 3.40. The number of rotatable bonds is 4. The van der Waals surface area contributed by atoms with Crippen molar-refractivity contribution in [1.82, 2.24) is 0 Å². The Balaban J connectivity index is 1.79. The SMILES string of the molecule is Cc1ccc2oc(-c3ccc(Cl)cc3)c(OC(=O)C=Cc3ccccc3Cl)c(=O)c2c1. The largest absolute Gasteiger partial charge is 0.452 e. The van der Waals surface area contributed by atoms with Gasteiger partial charge in [0.25, 0.3) is 0 Å². The van der Waals surface area contributed by atoms with E-state index in [2.05, 4.69) is 0 Å². The summed E-state index contributed by atoms with van der Waals surface area (Å²) in [5, 5.41) is 1.36. The van der Waals surface area contributed by atoms with Gasteiger partial charge in [0.2, 0.25) is 11.2 Å². The van der Waals surface area contributed by atoms with Gasteiger partial charge in [-0.05, 0) is 61.0 Å². The van der Waals surface area contributed by atoms with Crippen molar-refractivity contribution in [3.8, 4) is 17.1 Å². The number of fused-ring (bicyclic) bond motifs is 1. The number of carbonyl (C=O) groups excluding carboxylic acids is 1. The number of hydrogen-bond donors (Lipinski definition) is 0. The molecule has 31 heavy (non-hydrogen) atoms. The van der Waals surface area contributed by atoms with Gasteiger partial charge in [0, 0.05) is 21.7 Å². The Bertz CT molecular complexity index is 1370.